The molecule has 0 aliphatic rings. The van der Waals surface area contributed by atoms with Crippen molar-refractivity contribution in [1.82, 2.24) is 9.97 Å². The van der Waals surface area contributed by atoms with Gasteiger partial charge in [-0.05, 0) is 24.6 Å². The van der Waals surface area contributed by atoms with Crippen LogP contribution in [0.4, 0.5) is 0 Å². The molecule has 0 fully saturated rings. The first-order valence-electron chi connectivity index (χ1n) is 9.24. The van der Waals surface area contributed by atoms with E-state index in [1.54, 1.807) is 24.3 Å². The molecular weight excluding hydrogens is 408 g/mol. The van der Waals surface area contributed by atoms with Crippen LogP contribution in [-0.4, -0.2) is 41.3 Å². The quantitative estimate of drug-likeness (QED) is 0.231. The van der Waals surface area contributed by atoms with E-state index < -0.39 is 17.1 Å². The molecule has 0 N–H and O–H groups in total. The van der Waals surface area contributed by atoms with Gasteiger partial charge in [-0.1, -0.05) is 13.0 Å². The summed E-state index contributed by atoms with van der Waals surface area (Å²) >= 11 is -1.72. The average Bonchev–Trinajstić information content (AvgIpc) is 2.77. The largest absolute Gasteiger partial charge is 0.604 e. The highest BCUT2D eigenvalue weighted by atomic mass is 32.2. The molecule has 0 aliphatic heterocycles. The molecule has 3 rings (SSSR count). The number of fused-ring (bicyclic) bond motifs is 1. The number of hydrogen-bond acceptors (Lipinski definition) is 8. The maximum Gasteiger partial charge on any atom is 0.348 e. The molecule has 1 unspecified atom stereocenters. The molecule has 2 aromatic carbocycles. The van der Waals surface area contributed by atoms with E-state index in [1.807, 2.05) is 6.92 Å². The van der Waals surface area contributed by atoms with Crippen LogP contribution in [0.1, 0.15) is 20.3 Å². The predicted octanol–water partition coefficient (Wildman–Crippen LogP) is 3.53. The Hall–Kier alpha value is -3.04. The third-order valence-electron chi connectivity index (χ3n) is 4.13. The molecule has 0 aliphatic carbocycles. The van der Waals surface area contributed by atoms with Crippen molar-refractivity contribution in [2.24, 2.45) is 0 Å². The fourth-order valence-corrected chi connectivity index (χ4v) is 4.09. The summed E-state index contributed by atoms with van der Waals surface area (Å²) in [5.74, 6) is 0.436. The van der Waals surface area contributed by atoms with Crippen molar-refractivity contribution in [3.8, 4) is 23.0 Å². The van der Waals surface area contributed by atoms with Gasteiger partial charge in [-0.2, -0.15) is 9.97 Å². The first-order chi connectivity index (χ1) is 14.5. The number of hydrogen-bond donors (Lipinski definition) is 0. The first kappa shape index (κ1) is 21.7. The van der Waals surface area contributed by atoms with Crippen molar-refractivity contribution in [3.05, 3.63) is 36.7 Å². The van der Waals surface area contributed by atoms with Crippen LogP contribution in [0.3, 0.4) is 0 Å². The lowest BCUT2D eigenvalue weighted by atomic mass is 10.1. The van der Waals surface area contributed by atoms with Crippen molar-refractivity contribution >= 4 is 27.9 Å². The topological polar surface area (TPSA) is 103 Å². The second-order valence-corrected chi connectivity index (χ2v) is 7.49. The van der Waals surface area contributed by atoms with Gasteiger partial charge < -0.3 is 23.5 Å². The van der Waals surface area contributed by atoms with Gasteiger partial charge >= 0.3 is 11.1 Å². The summed E-state index contributed by atoms with van der Waals surface area (Å²) in [5.41, 5.74) is 0. The minimum atomic E-state index is -1.72. The van der Waals surface area contributed by atoms with Crippen LogP contribution < -0.4 is 18.9 Å². The number of benzene rings is 2. The van der Waals surface area contributed by atoms with E-state index in [0.717, 1.165) is 6.42 Å². The third kappa shape index (κ3) is 4.12. The summed E-state index contributed by atoms with van der Waals surface area (Å²) in [5, 5.41) is 1.12. The Morgan fingerprint density at radius 3 is 2.30 bits per heavy atom. The Morgan fingerprint density at radius 2 is 1.70 bits per heavy atom. The van der Waals surface area contributed by atoms with Crippen LogP contribution in [0.25, 0.3) is 10.8 Å². The molecule has 0 bridgehead atoms. The average molecular weight is 430 g/mol. The van der Waals surface area contributed by atoms with Crippen LogP contribution in [0.2, 0.25) is 0 Å². The number of ether oxygens (including phenoxy) is 4. The van der Waals surface area contributed by atoms with E-state index in [1.165, 1.54) is 33.5 Å². The van der Waals surface area contributed by atoms with Crippen molar-refractivity contribution < 1.29 is 28.3 Å². The van der Waals surface area contributed by atoms with Crippen molar-refractivity contribution in [2.45, 2.75) is 30.3 Å². The number of esters is 1. The van der Waals surface area contributed by atoms with E-state index in [-0.39, 0.29) is 22.4 Å². The number of nitrogens with zero attached hydrogens (tertiary/aromatic N) is 2. The normalized spacial score (nSPS) is 11.8. The highest BCUT2D eigenvalue weighted by Gasteiger charge is 2.31. The summed E-state index contributed by atoms with van der Waals surface area (Å²) < 4.78 is 35.8. The van der Waals surface area contributed by atoms with Crippen molar-refractivity contribution in [3.63, 3.8) is 0 Å². The second kappa shape index (κ2) is 9.64. The summed E-state index contributed by atoms with van der Waals surface area (Å²) in [6, 6.07) is 6.78. The molecule has 1 atom stereocenters. The SMILES string of the molecule is CCCOc1c(OC)c(OC)c(OC(C)=O)c2cccc([S+]([O-])c3ncccn3)c12. The first-order valence-corrected chi connectivity index (χ1v) is 10.4. The summed E-state index contributed by atoms with van der Waals surface area (Å²) in [6.07, 6.45) is 3.78. The Labute approximate surface area is 177 Å². The lowest BCUT2D eigenvalue weighted by molar-refractivity contribution is -0.131. The molecule has 0 radical (unpaired) electrons. The second-order valence-electron chi connectivity index (χ2n) is 6.15. The maximum absolute atomic E-state index is 13.3. The number of aromatic nitrogens is 2. The van der Waals surface area contributed by atoms with Gasteiger partial charge in [0.15, 0.2) is 16.4 Å². The van der Waals surface area contributed by atoms with E-state index in [0.29, 0.717) is 28.0 Å². The monoisotopic (exact) mass is 430 g/mol. The van der Waals surface area contributed by atoms with Crippen LogP contribution >= 0.6 is 0 Å². The molecular formula is C21H22N2O6S. The zero-order chi connectivity index (χ0) is 21.7. The molecule has 0 spiro atoms. The molecule has 1 heterocycles. The minimum Gasteiger partial charge on any atom is -0.604 e. The molecule has 0 amide bonds. The van der Waals surface area contributed by atoms with Gasteiger partial charge in [-0.15, -0.1) is 0 Å². The van der Waals surface area contributed by atoms with Gasteiger partial charge in [-0.3, -0.25) is 4.79 Å². The van der Waals surface area contributed by atoms with E-state index >= 15 is 0 Å². The van der Waals surface area contributed by atoms with E-state index in [2.05, 4.69) is 9.97 Å². The fourth-order valence-electron chi connectivity index (χ4n) is 2.99. The molecule has 158 valence electrons. The van der Waals surface area contributed by atoms with Crippen molar-refractivity contribution in [1.29, 1.82) is 0 Å². The maximum atomic E-state index is 13.3. The van der Waals surface area contributed by atoms with E-state index in [9.17, 15) is 9.35 Å². The van der Waals surface area contributed by atoms with Gasteiger partial charge in [0.2, 0.25) is 11.5 Å². The fraction of sp³-hybridized carbons (Fsp3) is 0.286. The molecule has 30 heavy (non-hydrogen) atoms. The van der Waals surface area contributed by atoms with Gasteiger partial charge in [0.05, 0.1) is 37.4 Å². The number of rotatable bonds is 8. The highest BCUT2D eigenvalue weighted by Crippen LogP contribution is 2.53. The third-order valence-corrected chi connectivity index (χ3v) is 5.41. The zero-order valence-electron chi connectivity index (χ0n) is 17.1. The zero-order valence-corrected chi connectivity index (χ0v) is 17.9. The number of carbonyl (C=O) groups excluding carboxylic acids is 1. The standard InChI is InChI=1S/C21H22N2O6S/c1-5-12-28-18-16-14(17(29-13(2)24)19(26-3)20(18)27-4)8-6-9-15(16)30(25)21-22-10-7-11-23-21/h6-11H,5,12H2,1-4H3. The van der Waals surface area contributed by atoms with Gasteiger partial charge in [0, 0.05) is 24.7 Å². The summed E-state index contributed by atoms with van der Waals surface area (Å²) in [7, 11) is 2.90. The van der Waals surface area contributed by atoms with Crippen LogP contribution in [0.5, 0.6) is 23.0 Å². The number of carbonyl (C=O) groups is 1. The van der Waals surface area contributed by atoms with Crippen LogP contribution in [0.15, 0.2) is 46.7 Å². The van der Waals surface area contributed by atoms with Crippen LogP contribution in [-0.2, 0) is 16.0 Å². The molecule has 3 aromatic rings. The Morgan fingerprint density at radius 1 is 1.03 bits per heavy atom. The molecule has 9 heteroatoms. The van der Waals surface area contributed by atoms with Crippen molar-refractivity contribution in [2.75, 3.05) is 20.8 Å². The Bertz CT molecular complexity index is 1040. The molecule has 1 aromatic heterocycles. The lowest BCUT2D eigenvalue weighted by Gasteiger charge is -2.21. The highest BCUT2D eigenvalue weighted by molar-refractivity contribution is 7.91. The minimum absolute atomic E-state index is 0.148. The smallest absolute Gasteiger partial charge is 0.348 e. The van der Waals surface area contributed by atoms with Gasteiger partial charge in [0.25, 0.3) is 0 Å². The Balaban J connectivity index is 2.40. The Kier molecular flexibility index (Phi) is 6.96. The lowest BCUT2D eigenvalue weighted by Crippen LogP contribution is -2.10. The van der Waals surface area contributed by atoms with Gasteiger partial charge in [0.1, 0.15) is 0 Å². The molecule has 0 saturated carbocycles. The summed E-state index contributed by atoms with van der Waals surface area (Å²) in [6.45, 7) is 3.65. The summed E-state index contributed by atoms with van der Waals surface area (Å²) in [4.78, 5) is 20.4. The van der Waals surface area contributed by atoms with Gasteiger partial charge in [-0.25, -0.2) is 0 Å². The molecule has 0 saturated heterocycles. The predicted molar refractivity (Wildman–Crippen MR) is 111 cm³/mol. The van der Waals surface area contributed by atoms with Crippen LogP contribution in [0, 0.1) is 0 Å². The number of methoxy groups -OCH3 is 2. The molecule has 8 nitrogen and oxygen atoms in total. The van der Waals surface area contributed by atoms with E-state index in [4.69, 9.17) is 18.9 Å².